The van der Waals surface area contributed by atoms with Gasteiger partial charge in [0.05, 0.1) is 17.4 Å². The number of aromatic amines is 1. The molecule has 3 heteroatoms. The molecule has 106 valence electrons. The summed E-state index contributed by atoms with van der Waals surface area (Å²) in [6.07, 6.45) is 1.70. The zero-order chi connectivity index (χ0) is 14.8. The van der Waals surface area contributed by atoms with Crippen molar-refractivity contribution in [3.8, 4) is 0 Å². The van der Waals surface area contributed by atoms with Crippen LogP contribution in [0, 0.1) is 0 Å². The number of rotatable bonds is 0. The Morgan fingerprint density at radius 1 is 0.682 bits per heavy atom. The standard InChI is InChI=1S/C12H8S.C7H6N2/c1-3-7-11-9(5-1)10-6-2-4-8-12(10)13-11;1-2-4-7-6(3-1)8-5-9-7/h1-8H;1-5H,(H,8,9). The topological polar surface area (TPSA) is 28.7 Å². The van der Waals surface area contributed by atoms with Gasteiger partial charge in [-0.2, -0.15) is 0 Å². The predicted molar refractivity (Wildman–Crippen MR) is 95.4 cm³/mol. The minimum Gasteiger partial charge on any atom is -0.345 e. The molecular formula is C19H14N2S. The van der Waals surface area contributed by atoms with Gasteiger partial charge in [0, 0.05) is 20.2 Å². The van der Waals surface area contributed by atoms with Crippen LogP contribution in [-0.4, -0.2) is 9.97 Å². The average Bonchev–Trinajstić information content (AvgIpc) is 3.19. The van der Waals surface area contributed by atoms with Crippen LogP contribution in [0.5, 0.6) is 0 Å². The molecule has 2 heterocycles. The first kappa shape index (κ1) is 13.0. The summed E-state index contributed by atoms with van der Waals surface area (Å²) < 4.78 is 2.76. The highest BCUT2D eigenvalue weighted by Gasteiger charge is 2.01. The van der Waals surface area contributed by atoms with Gasteiger partial charge in [-0.1, -0.05) is 48.5 Å². The third-order valence-electron chi connectivity index (χ3n) is 3.61. The SMILES string of the molecule is c1ccc2[nH]cnc2c1.c1ccc2c(c1)sc1ccccc12. The van der Waals surface area contributed by atoms with Crippen molar-refractivity contribution in [1.29, 1.82) is 0 Å². The van der Waals surface area contributed by atoms with Crippen LogP contribution < -0.4 is 0 Å². The quantitative estimate of drug-likeness (QED) is 0.395. The van der Waals surface area contributed by atoms with E-state index in [2.05, 4.69) is 58.5 Å². The lowest BCUT2D eigenvalue weighted by Crippen LogP contribution is -1.63. The third-order valence-corrected chi connectivity index (χ3v) is 4.76. The number of nitrogens with zero attached hydrogens (tertiary/aromatic N) is 1. The highest BCUT2D eigenvalue weighted by atomic mass is 32.1. The van der Waals surface area contributed by atoms with E-state index in [4.69, 9.17) is 0 Å². The lowest BCUT2D eigenvalue weighted by Gasteiger charge is -1.88. The first-order valence-electron chi connectivity index (χ1n) is 7.16. The van der Waals surface area contributed by atoms with Crippen LogP contribution in [0.15, 0.2) is 79.1 Å². The number of hydrogen-bond acceptors (Lipinski definition) is 2. The molecule has 0 aliphatic heterocycles. The minimum absolute atomic E-state index is 1.03. The second-order valence-electron chi connectivity index (χ2n) is 5.01. The number of fused-ring (bicyclic) bond motifs is 4. The van der Waals surface area contributed by atoms with Crippen molar-refractivity contribution in [2.75, 3.05) is 0 Å². The van der Waals surface area contributed by atoms with Gasteiger partial charge in [0.2, 0.25) is 0 Å². The molecule has 0 aliphatic carbocycles. The molecule has 0 spiro atoms. The number of H-pyrrole nitrogens is 1. The van der Waals surface area contributed by atoms with Crippen molar-refractivity contribution < 1.29 is 0 Å². The molecule has 1 N–H and O–H groups in total. The zero-order valence-corrected chi connectivity index (χ0v) is 12.7. The normalized spacial score (nSPS) is 10.7. The molecule has 0 aliphatic rings. The molecule has 2 nitrogen and oxygen atoms in total. The number of para-hydroxylation sites is 2. The number of thiophene rings is 1. The van der Waals surface area contributed by atoms with Gasteiger partial charge in [-0.15, -0.1) is 11.3 Å². The van der Waals surface area contributed by atoms with E-state index in [0.29, 0.717) is 0 Å². The van der Waals surface area contributed by atoms with E-state index in [-0.39, 0.29) is 0 Å². The van der Waals surface area contributed by atoms with E-state index < -0.39 is 0 Å². The predicted octanol–water partition coefficient (Wildman–Crippen LogP) is 5.62. The lowest BCUT2D eigenvalue weighted by atomic mass is 10.2. The van der Waals surface area contributed by atoms with E-state index in [1.165, 1.54) is 20.2 Å². The fourth-order valence-corrected chi connectivity index (χ4v) is 3.66. The summed E-state index contributed by atoms with van der Waals surface area (Å²) in [7, 11) is 0. The van der Waals surface area contributed by atoms with Gasteiger partial charge in [-0.05, 0) is 24.3 Å². The van der Waals surface area contributed by atoms with E-state index in [1.54, 1.807) is 6.33 Å². The van der Waals surface area contributed by atoms with Crippen LogP contribution in [0.25, 0.3) is 31.2 Å². The van der Waals surface area contributed by atoms with Crippen molar-refractivity contribution in [1.82, 2.24) is 9.97 Å². The maximum atomic E-state index is 4.06. The Hall–Kier alpha value is -2.65. The molecule has 22 heavy (non-hydrogen) atoms. The summed E-state index contributed by atoms with van der Waals surface area (Å²) in [6, 6.07) is 25.1. The summed E-state index contributed by atoms with van der Waals surface area (Å²) in [5.74, 6) is 0. The van der Waals surface area contributed by atoms with Crippen molar-refractivity contribution in [2.24, 2.45) is 0 Å². The van der Waals surface area contributed by atoms with Crippen molar-refractivity contribution in [3.05, 3.63) is 79.1 Å². The van der Waals surface area contributed by atoms with Gasteiger partial charge in [-0.3, -0.25) is 0 Å². The van der Waals surface area contributed by atoms with Gasteiger partial charge in [0.15, 0.2) is 0 Å². The van der Waals surface area contributed by atoms with Gasteiger partial charge >= 0.3 is 0 Å². The molecule has 5 rings (SSSR count). The molecule has 0 fully saturated rings. The van der Waals surface area contributed by atoms with Crippen LogP contribution in [0.4, 0.5) is 0 Å². The van der Waals surface area contributed by atoms with Gasteiger partial charge in [0.1, 0.15) is 0 Å². The Bertz CT molecular complexity index is 962. The number of imidazole rings is 1. The molecule has 0 amide bonds. The Balaban J connectivity index is 0.000000122. The molecule has 0 bridgehead atoms. The number of hydrogen-bond donors (Lipinski definition) is 1. The molecule has 0 saturated heterocycles. The van der Waals surface area contributed by atoms with Crippen molar-refractivity contribution >= 4 is 42.5 Å². The van der Waals surface area contributed by atoms with Crippen LogP contribution in [0.2, 0.25) is 0 Å². The van der Waals surface area contributed by atoms with E-state index in [0.717, 1.165) is 11.0 Å². The molecular weight excluding hydrogens is 288 g/mol. The highest BCUT2D eigenvalue weighted by molar-refractivity contribution is 7.25. The summed E-state index contributed by atoms with van der Waals surface area (Å²) >= 11 is 1.86. The second kappa shape index (κ2) is 5.62. The largest absolute Gasteiger partial charge is 0.345 e. The Labute approximate surface area is 132 Å². The van der Waals surface area contributed by atoms with Crippen molar-refractivity contribution in [2.45, 2.75) is 0 Å². The fraction of sp³-hybridized carbons (Fsp3) is 0. The number of aromatic nitrogens is 2. The maximum absolute atomic E-state index is 4.06. The van der Waals surface area contributed by atoms with Crippen LogP contribution in [-0.2, 0) is 0 Å². The van der Waals surface area contributed by atoms with Crippen LogP contribution >= 0.6 is 11.3 Å². The van der Waals surface area contributed by atoms with Crippen LogP contribution in [0.1, 0.15) is 0 Å². The molecule has 3 aromatic carbocycles. The average molecular weight is 302 g/mol. The first-order valence-corrected chi connectivity index (χ1v) is 7.98. The summed E-state index contributed by atoms with van der Waals surface area (Å²) in [5.41, 5.74) is 2.12. The molecule has 0 saturated carbocycles. The highest BCUT2D eigenvalue weighted by Crippen LogP contribution is 2.32. The number of benzene rings is 3. The van der Waals surface area contributed by atoms with Gasteiger partial charge < -0.3 is 4.98 Å². The zero-order valence-electron chi connectivity index (χ0n) is 11.9. The van der Waals surface area contributed by atoms with E-state index in [1.807, 2.05) is 35.6 Å². The fourth-order valence-electron chi connectivity index (χ4n) is 2.55. The summed E-state index contributed by atoms with van der Waals surface area (Å²) in [5, 5.41) is 2.76. The summed E-state index contributed by atoms with van der Waals surface area (Å²) in [6.45, 7) is 0. The number of nitrogens with one attached hydrogen (secondary N) is 1. The smallest absolute Gasteiger partial charge is 0.0931 e. The summed E-state index contributed by atoms with van der Waals surface area (Å²) in [4.78, 5) is 7.07. The minimum atomic E-state index is 1.03. The molecule has 2 aromatic heterocycles. The Morgan fingerprint density at radius 2 is 1.27 bits per heavy atom. The van der Waals surface area contributed by atoms with E-state index >= 15 is 0 Å². The molecule has 0 radical (unpaired) electrons. The monoisotopic (exact) mass is 302 g/mol. The first-order chi connectivity index (χ1) is 10.9. The molecule has 0 atom stereocenters. The lowest BCUT2D eigenvalue weighted by molar-refractivity contribution is 1.34. The molecule has 5 aromatic rings. The van der Waals surface area contributed by atoms with Crippen molar-refractivity contribution in [3.63, 3.8) is 0 Å². The van der Waals surface area contributed by atoms with E-state index in [9.17, 15) is 0 Å². The Kier molecular flexibility index (Phi) is 3.33. The van der Waals surface area contributed by atoms with Gasteiger partial charge in [0.25, 0.3) is 0 Å². The van der Waals surface area contributed by atoms with Gasteiger partial charge in [-0.25, -0.2) is 4.98 Å². The molecule has 0 unspecified atom stereocenters. The Morgan fingerprint density at radius 3 is 1.95 bits per heavy atom. The second-order valence-corrected chi connectivity index (χ2v) is 6.10. The maximum Gasteiger partial charge on any atom is 0.0931 e. The third kappa shape index (κ3) is 2.36. The van der Waals surface area contributed by atoms with Crippen LogP contribution in [0.3, 0.4) is 0 Å².